The van der Waals surface area contributed by atoms with E-state index >= 15 is 0 Å². The van der Waals surface area contributed by atoms with E-state index in [1.807, 2.05) is 0 Å². The maximum Gasteiger partial charge on any atom is 0.276 e. The topological polar surface area (TPSA) is 80.9 Å². The van der Waals surface area contributed by atoms with Crippen molar-refractivity contribution in [1.82, 2.24) is 9.97 Å². The zero-order valence-corrected chi connectivity index (χ0v) is 9.64. The average molecular weight is 246 g/mol. The number of nitrogens with zero attached hydrogens (tertiary/aromatic N) is 2. The summed E-state index contributed by atoms with van der Waals surface area (Å²) in [6, 6.07) is 4.74. The van der Waals surface area contributed by atoms with Crippen LogP contribution in [0.15, 0.2) is 30.6 Å². The molecule has 3 N–H and O–H groups in total. The number of nitrogens with two attached hydrogens (primary N) is 1. The van der Waals surface area contributed by atoms with Gasteiger partial charge >= 0.3 is 0 Å². The molecule has 18 heavy (non-hydrogen) atoms. The van der Waals surface area contributed by atoms with E-state index in [4.69, 9.17) is 5.73 Å². The van der Waals surface area contributed by atoms with E-state index in [-0.39, 0.29) is 17.2 Å². The van der Waals surface area contributed by atoms with Crippen molar-refractivity contribution < 1.29 is 9.18 Å². The number of carbonyl (C=O) groups is 1. The van der Waals surface area contributed by atoms with Crippen LogP contribution in [0.1, 0.15) is 16.1 Å². The van der Waals surface area contributed by atoms with Crippen LogP contribution in [0.25, 0.3) is 0 Å². The van der Waals surface area contributed by atoms with Crippen molar-refractivity contribution in [2.45, 2.75) is 6.92 Å². The van der Waals surface area contributed by atoms with Gasteiger partial charge in [-0.2, -0.15) is 0 Å². The fourth-order valence-corrected chi connectivity index (χ4v) is 1.42. The highest BCUT2D eigenvalue weighted by atomic mass is 19.1. The fourth-order valence-electron chi connectivity index (χ4n) is 1.42. The Labute approximate surface area is 103 Å². The van der Waals surface area contributed by atoms with Gasteiger partial charge in [0.1, 0.15) is 17.3 Å². The number of hydrogen-bond donors (Lipinski definition) is 2. The lowest BCUT2D eigenvalue weighted by Crippen LogP contribution is -2.16. The number of aromatic nitrogens is 2. The number of rotatable bonds is 2. The number of nitrogens with one attached hydrogen (secondary N) is 1. The Kier molecular flexibility index (Phi) is 3.18. The predicted octanol–water partition coefficient (Wildman–Crippen LogP) is 1.76. The Balaban J connectivity index is 2.24. The van der Waals surface area contributed by atoms with Gasteiger partial charge in [0, 0.05) is 0 Å². The van der Waals surface area contributed by atoms with E-state index in [9.17, 15) is 9.18 Å². The summed E-state index contributed by atoms with van der Waals surface area (Å²) in [4.78, 5) is 19.3. The van der Waals surface area contributed by atoms with Crippen molar-refractivity contribution in [3.05, 3.63) is 47.7 Å². The van der Waals surface area contributed by atoms with Gasteiger partial charge in [-0.3, -0.25) is 9.78 Å². The van der Waals surface area contributed by atoms with Gasteiger partial charge in [-0.1, -0.05) is 12.1 Å². The highest BCUT2D eigenvalue weighted by Crippen LogP contribution is 2.17. The Bertz CT molecular complexity index is 600. The van der Waals surface area contributed by atoms with Crippen LogP contribution in [0.3, 0.4) is 0 Å². The molecule has 1 aromatic carbocycles. The minimum absolute atomic E-state index is 0.0379. The SMILES string of the molecule is Cc1cccc(NC(=O)c2cncc(N)n2)c1F. The summed E-state index contributed by atoms with van der Waals surface area (Å²) >= 11 is 0. The number of carbonyl (C=O) groups excluding carboxylic acids is 1. The predicted molar refractivity (Wildman–Crippen MR) is 65.5 cm³/mol. The van der Waals surface area contributed by atoms with Crippen LogP contribution in [0.5, 0.6) is 0 Å². The van der Waals surface area contributed by atoms with E-state index in [0.717, 1.165) is 0 Å². The number of hydrogen-bond acceptors (Lipinski definition) is 4. The van der Waals surface area contributed by atoms with Gasteiger partial charge in [0.2, 0.25) is 0 Å². The molecule has 6 heteroatoms. The number of nitrogen functional groups attached to an aromatic ring is 1. The van der Waals surface area contributed by atoms with E-state index in [0.29, 0.717) is 5.56 Å². The number of amides is 1. The molecule has 0 aliphatic heterocycles. The van der Waals surface area contributed by atoms with Gasteiger partial charge in [0.15, 0.2) is 0 Å². The Morgan fingerprint density at radius 3 is 2.89 bits per heavy atom. The molecule has 0 aliphatic carbocycles. The molecule has 2 aromatic rings. The first kappa shape index (κ1) is 12.0. The Hall–Kier alpha value is -2.50. The van der Waals surface area contributed by atoms with E-state index in [1.54, 1.807) is 19.1 Å². The molecule has 1 amide bonds. The van der Waals surface area contributed by atoms with Crippen molar-refractivity contribution in [3.8, 4) is 0 Å². The van der Waals surface area contributed by atoms with Crippen molar-refractivity contribution in [2.24, 2.45) is 0 Å². The molecule has 0 bridgehead atoms. The minimum Gasteiger partial charge on any atom is -0.382 e. The molecular formula is C12H11FN4O. The van der Waals surface area contributed by atoms with Gasteiger partial charge in [-0.25, -0.2) is 9.37 Å². The summed E-state index contributed by atoms with van der Waals surface area (Å²) in [6.07, 6.45) is 2.59. The van der Waals surface area contributed by atoms with Gasteiger partial charge in [-0.05, 0) is 18.6 Å². The first-order chi connectivity index (χ1) is 8.58. The van der Waals surface area contributed by atoms with Gasteiger partial charge in [0.05, 0.1) is 18.1 Å². The van der Waals surface area contributed by atoms with E-state index < -0.39 is 11.7 Å². The van der Waals surface area contributed by atoms with Gasteiger partial charge < -0.3 is 11.1 Å². The van der Waals surface area contributed by atoms with Crippen LogP contribution in [0.4, 0.5) is 15.9 Å². The maximum atomic E-state index is 13.7. The van der Waals surface area contributed by atoms with Gasteiger partial charge in [-0.15, -0.1) is 0 Å². The number of halogens is 1. The molecule has 0 unspecified atom stereocenters. The third-order valence-corrected chi connectivity index (χ3v) is 2.33. The quantitative estimate of drug-likeness (QED) is 0.846. The van der Waals surface area contributed by atoms with Crippen molar-refractivity contribution in [1.29, 1.82) is 0 Å². The lowest BCUT2D eigenvalue weighted by Gasteiger charge is -2.07. The normalized spacial score (nSPS) is 10.1. The molecule has 5 nitrogen and oxygen atoms in total. The number of anilines is 2. The summed E-state index contributed by atoms with van der Waals surface area (Å²) in [6.45, 7) is 1.62. The van der Waals surface area contributed by atoms with Gasteiger partial charge in [0.25, 0.3) is 5.91 Å². The highest BCUT2D eigenvalue weighted by Gasteiger charge is 2.12. The molecule has 1 aromatic heterocycles. The Morgan fingerprint density at radius 1 is 1.39 bits per heavy atom. The van der Waals surface area contributed by atoms with Crippen LogP contribution in [-0.4, -0.2) is 15.9 Å². The number of aryl methyl sites for hydroxylation is 1. The molecule has 0 saturated heterocycles. The highest BCUT2D eigenvalue weighted by molar-refractivity contribution is 6.02. The van der Waals surface area contributed by atoms with Crippen molar-refractivity contribution in [2.75, 3.05) is 11.1 Å². The molecule has 1 heterocycles. The first-order valence-corrected chi connectivity index (χ1v) is 5.22. The monoisotopic (exact) mass is 246 g/mol. The molecule has 0 atom stereocenters. The second kappa shape index (κ2) is 4.79. The third-order valence-electron chi connectivity index (χ3n) is 2.33. The summed E-state index contributed by atoms with van der Waals surface area (Å²) in [5, 5.41) is 2.42. The molecule has 2 rings (SSSR count). The summed E-state index contributed by atoms with van der Waals surface area (Å²) in [5.41, 5.74) is 6.01. The summed E-state index contributed by atoms with van der Waals surface area (Å²) in [5.74, 6) is -0.894. The smallest absolute Gasteiger partial charge is 0.276 e. The lowest BCUT2D eigenvalue weighted by molar-refractivity contribution is 0.102. The van der Waals surface area contributed by atoms with E-state index in [1.165, 1.54) is 18.5 Å². The fraction of sp³-hybridized carbons (Fsp3) is 0.0833. The number of benzene rings is 1. The largest absolute Gasteiger partial charge is 0.382 e. The van der Waals surface area contributed by atoms with Crippen LogP contribution in [0.2, 0.25) is 0 Å². The zero-order chi connectivity index (χ0) is 13.1. The van der Waals surface area contributed by atoms with Crippen molar-refractivity contribution >= 4 is 17.4 Å². The third kappa shape index (κ3) is 2.42. The molecule has 0 spiro atoms. The van der Waals surface area contributed by atoms with E-state index in [2.05, 4.69) is 15.3 Å². The molecule has 0 saturated carbocycles. The average Bonchev–Trinajstić information content (AvgIpc) is 2.35. The maximum absolute atomic E-state index is 13.7. The van der Waals surface area contributed by atoms with Crippen LogP contribution in [0, 0.1) is 12.7 Å². The van der Waals surface area contributed by atoms with Crippen molar-refractivity contribution in [3.63, 3.8) is 0 Å². The second-order valence-corrected chi connectivity index (χ2v) is 3.72. The summed E-state index contributed by atoms with van der Waals surface area (Å²) < 4.78 is 13.7. The standard InChI is InChI=1S/C12H11FN4O/c1-7-3-2-4-8(11(7)13)17-12(18)9-5-15-6-10(14)16-9/h2-6H,1H3,(H2,14,16)(H,17,18). The molecule has 0 radical (unpaired) electrons. The second-order valence-electron chi connectivity index (χ2n) is 3.72. The van der Waals surface area contributed by atoms with Crippen LogP contribution < -0.4 is 11.1 Å². The zero-order valence-electron chi connectivity index (χ0n) is 9.64. The van der Waals surface area contributed by atoms with Crippen LogP contribution >= 0.6 is 0 Å². The Morgan fingerprint density at radius 2 is 2.17 bits per heavy atom. The lowest BCUT2D eigenvalue weighted by atomic mass is 10.2. The first-order valence-electron chi connectivity index (χ1n) is 5.22. The molecule has 0 fully saturated rings. The molecule has 92 valence electrons. The molecule has 0 aliphatic rings. The summed E-state index contributed by atoms with van der Waals surface area (Å²) in [7, 11) is 0. The van der Waals surface area contributed by atoms with Crippen LogP contribution in [-0.2, 0) is 0 Å². The molecular weight excluding hydrogens is 235 g/mol. The minimum atomic E-state index is -0.556.